The van der Waals surface area contributed by atoms with Crippen molar-refractivity contribution in [2.75, 3.05) is 27.3 Å². The van der Waals surface area contributed by atoms with Gasteiger partial charge in [-0.15, -0.1) is 0 Å². The van der Waals surface area contributed by atoms with E-state index in [2.05, 4.69) is 4.98 Å². The zero-order chi connectivity index (χ0) is 12.9. The van der Waals surface area contributed by atoms with Gasteiger partial charge in [-0.3, -0.25) is 0 Å². The molecule has 0 amide bonds. The monoisotopic (exact) mass is 278 g/mol. The van der Waals surface area contributed by atoms with Crippen LogP contribution in [0, 0.1) is 0 Å². The number of sulfonamides is 1. The second-order valence-corrected chi connectivity index (χ2v) is 5.84. The first-order valence-electron chi connectivity index (χ1n) is 5.06. The quantitative estimate of drug-likeness (QED) is 0.583. The molecule has 1 aromatic rings. The molecule has 0 atom stereocenters. The van der Waals surface area contributed by atoms with Gasteiger partial charge in [0.25, 0.3) is 0 Å². The molecule has 0 unspecified atom stereocenters. The fourth-order valence-corrected chi connectivity index (χ4v) is 2.92. The number of pyridine rings is 1. The summed E-state index contributed by atoms with van der Waals surface area (Å²) >= 11 is 5.77. The van der Waals surface area contributed by atoms with Gasteiger partial charge in [-0.1, -0.05) is 11.6 Å². The van der Waals surface area contributed by atoms with E-state index in [-0.39, 0.29) is 10.0 Å². The fraction of sp³-hybridized carbons (Fsp3) is 0.500. The summed E-state index contributed by atoms with van der Waals surface area (Å²) in [6.07, 6.45) is 2.08. The van der Waals surface area contributed by atoms with Crippen LogP contribution >= 0.6 is 11.6 Å². The normalized spacial score (nSPS) is 12.0. The summed E-state index contributed by atoms with van der Waals surface area (Å²) in [5, 5.41) is -0.00825. The largest absolute Gasteiger partial charge is 0.385 e. The molecule has 0 spiro atoms. The molecule has 0 saturated heterocycles. The molecule has 0 aliphatic heterocycles. The molecule has 5 nitrogen and oxygen atoms in total. The highest BCUT2D eigenvalue weighted by molar-refractivity contribution is 7.89. The number of nitrogens with zero attached hydrogens (tertiary/aromatic N) is 2. The molecule has 0 N–H and O–H groups in total. The Hall–Kier alpha value is -0.690. The van der Waals surface area contributed by atoms with Gasteiger partial charge in [0.2, 0.25) is 10.0 Å². The average Bonchev–Trinajstić information content (AvgIpc) is 2.29. The van der Waals surface area contributed by atoms with Crippen LogP contribution in [0.4, 0.5) is 0 Å². The number of halogens is 1. The SMILES string of the molecule is COCCCN(C)S(=O)(=O)c1cccnc1Cl. The lowest BCUT2D eigenvalue weighted by molar-refractivity contribution is 0.189. The molecule has 0 aromatic carbocycles. The molecule has 7 heteroatoms. The van der Waals surface area contributed by atoms with Crippen molar-refractivity contribution in [3.05, 3.63) is 23.5 Å². The minimum Gasteiger partial charge on any atom is -0.385 e. The predicted molar refractivity (Wildman–Crippen MR) is 65.6 cm³/mol. The predicted octanol–water partition coefficient (Wildman–Crippen LogP) is 1.39. The Morgan fingerprint density at radius 3 is 2.82 bits per heavy atom. The number of hydrogen-bond acceptors (Lipinski definition) is 4. The number of rotatable bonds is 6. The van der Waals surface area contributed by atoms with Crippen LogP contribution in [0.5, 0.6) is 0 Å². The maximum Gasteiger partial charge on any atom is 0.245 e. The first-order chi connectivity index (χ1) is 8.00. The van der Waals surface area contributed by atoms with E-state index in [1.165, 1.54) is 23.6 Å². The Labute approximate surface area is 106 Å². The molecule has 0 aliphatic rings. The summed E-state index contributed by atoms with van der Waals surface area (Å²) in [5.41, 5.74) is 0. The van der Waals surface area contributed by atoms with Gasteiger partial charge in [-0.25, -0.2) is 17.7 Å². The molecule has 1 rings (SSSR count). The van der Waals surface area contributed by atoms with E-state index in [0.717, 1.165) is 0 Å². The Bertz CT molecular complexity index is 464. The van der Waals surface area contributed by atoms with Crippen LogP contribution in [0.2, 0.25) is 5.15 Å². The molecule has 96 valence electrons. The minimum atomic E-state index is -3.57. The van der Waals surface area contributed by atoms with Crippen LogP contribution in [0.25, 0.3) is 0 Å². The van der Waals surface area contributed by atoms with Crippen LogP contribution in [0.15, 0.2) is 23.2 Å². The molecular formula is C10H15ClN2O3S. The van der Waals surface area contributed by atoms with E-state index < -0.39 is 10.0 Å². The highest BCUT2D eigenvalue weighted by atomic mass is 35.5. The smallest absolute Gasteiger partial charge is 0.245 e. The van der Waals surface area contributed by atoms with Gasteiger partial charge in [0, 0.05) is 33.5 Å². The lowest BCUT2D eigenvalue weighted by Gasteiger charge is -2.17. The number of aromatic nitrogens is 1. The van der Waals surface area contributed by atoms with E-state index in [1.54, 1.807) is 13.2 Å². The van der Waals surface area contributed by atoms with Gasteiger partial charge in [0.05, 0.1) is 0 Å². The van der Waals surface area contributed by atoms with Crippen LogP contribution in [-0.2, 0) is 14.8 Å². The van der Waals surface area contributed by atoms with Crippen molar-refractivity contribution in [1.29, 1.82) is 0 Å². The van der Waals surface area contributed by atoms with Gasteiger partial charge >= 0.3 is 0 Å². The van der Waals surface area contributed by atoms with Gasteiger partial charge in [0.1, 0.15) is 10.0 Å². The standard InChI is InChI=1S/C10H15ClN2O3S/c1-13(7-4-8-16-2)17(14,15)9-5-3-6-12-10(9)11/h3,5-6H,4,7-8H2,1-2H3. The highest BCUT2D eigenvalue weighted by Crippen LogP contribution is 2.21. The molecule has 0 aliphatic carbocycles. The second-order valence-electron chi connectivity index (χ2n) is 3.47. The summed E-state index contributed by atoms with van der Waals surface area (Å²) in [6, 6.07) is 2.99. The van der Waals surface area contributed by atoms with E-state index in [4.69, 9.17) is 16.3 Å². The zero-order valence-electron chi connectivity index (χ0n) is 9.76. The molecule has 1 heterocycles. The molecule has 0 radical (unpaired) electrons. The molecule has 0 fully saturated rings. The second kappa shape index (κ2) is 6.30. The van der Waals surface area contributed by atoms with E-state index in [0.29, 0.717) is 19.6 Å². The summed E-state index contributed by atoms with van der Waals surface area (Å²) in [5.74, 6) is 0. The molecule has 0 saturated carbocycles. The maximum absolute atomic E-state index is 12.1. The zero-order valence-corrected chi connectivity index (χ0v) is 11.3. The summed E-state index contributed by atoms with van der Waals surface area (Å²) in [6.45, 7) is 0.891. The van der Waals surface area contributed by atoms with Crippen molar-refractivity contribution in [2.45, 2.75) is 11.3 Å². The van der Waals surface area contributed by atoms with Gasteiger partial charge in [0.15, 0.2) is 0 Å². The first kappa shape index (κ1) is 14.4. The topological polar surface area (TPSA) is 59.5 Å². The highest BCUT2D eigenvalue weighted by Gasteiger charge is 2.23. The van der Waals surface area contributed by atoms with Crippen LogP contribution in [0.1, 0.15) is 6.42 Å². The van der Waals surface area contributed by atoms with E-state index >= 15 is 0 Å². The minimum absolute atomic E-state index is 0.00825. The van der Waals surface area contributed by atoms with Crippen LogP contribution in [-0.4, -0.2) is 45.0 Å². The van der Waals surface area contributed by atoms with Gasteiger partial charge < -0.3 is 4.74 Å². The lowest BCUT2D eigenvalue weighted by Crippen LogP contribution is -2.28. The number of ether oxygens (including phenoxy) is 1. The Morgan fingerprint density at radius 1 is 1.53 bits per heavy atom. The van der Waals surface area contributed by atoms with Crippen LogP contribution < -0.4 is 0 Å². The summed E-state index contributed by atoms with van der Waals surface area (Å²) in [4.78, 5) is 3.79. The lowest BCUT2D eigenvalue weighted by atomic mass is 10.5. The average molecular weight is 279 g/mol. The molecule has 0 bridgehead atoms. The van der Waals surface area contributed by atoms with Gasteiger partial charge in [-0.05, 0) is 18.6 Å². The Morgan fingerprint density at radius 2 is 2.24 bits per heavy atom. The Balaban J connectivity index is 2.85. The van der Waals surface area contributed by atoms with Crippen molar-refractivity contribution >= 4 is 21.6 Å². The molecular weight excluding hydrogens is 264 g/mol. The van der Waals surface area contributed by atoms with E-state index in [9.17, 15) is 8.42 Å². The van der Waals surface area contributed by atoms with Crippen LogP contribution in [0.3, 0.4) is 0 Å². The third-order valence-electron chi connectivity index (χ3n) is 2.23. The van der Waals surface area contributed by atoms with Crippen molar-refractivity contribution in [2.24, 2.45) is 0 Å². The third kappa shape index (κ3) is 3.64. The fourth-order valence-electron chi connectivity index (χ4n) is 1.28. The summed E-state index contributed by atoms with van der Waals surface area (Å²) < 4.78 is 30.3. The molecule has 1 aromatic heterocycles. The molecule has 17 heavy (non-hydrogen) atoms. The van der Waals surface area contributed by atoms with Crippen molar-refractivity contribution in [3.8, 4) is 0 Å². The maximum atomic E-state index is 12.1. The number of hydrogen-bond donors (Lipinski definition) is 0. The third-order valence-corrected chi connectivity index (χ3v) is 4.54. The number of methoxy groups -OCH3 is 1. The van der Waals surface area contributed by atoms with Crippen molar-refractivity contribution < 1.29 is 13.2 Å². The Kier molecular flexibility index (Phi) is 5.32. The van der Waals surface area contributed by atoms with E-state index in [1.807, 2.05) is 0 Å². The van der Waals surface area contributed by atoms with Crippen molar-refractivity contribution in [3.63, 3.8) is 0 Å². The first-order valence-corrected chi connectivity index (χ1v) is 6.87. The van der Waals surface area contributed by atoms with Crippen molar-refractivity contribution in [1.82, 2.24) is 9.29 Å². The van der Waals surface area contributed by atoms with Gasteiger partial charge in [-0.2, -0.15) is 0 Å². The summed E-state index contributed by atoms with van der Waals surface area (Å²) in [7, 11) is -0.483.